The number of carbonyl (C=O) groups excluding carboxylic acids is 10. The summed E-state index contributed by atoms with van der Waals surface area (Å²) in [6.45, 7) is 9.72. The Labute approximate surface area is 264 Å². The van der Waals surface area contributed by atoms with Crippen molar-refractivity contribution in [1.82, 2.24) is 0 Å². The molecule has 0 saturated carbocycles. The van der Waals surface area contributed by atoms with Crippen LogP contribution in [0.3, 0.4) is 0 Å². The van der Waals surface area contributed by atoms with E-state index < -0.39 is 59.7 Å². The van der Waals surface area contributed by atoms with E-state index in [9.17, 15) is 0 Å². The van der Waals surface area contributed by atoms with Crippen molar-refractivity contribution < 1.29 is 136 Å². The molecule has 0 bridgehead atoms. The normalized spacial score (nSPS) is 5.95. The predicted molar refractivity (Wildman–Crippen MR) is 107 cm³/mol. The van der Waals surface area contributed by atoms with Gasteiger partial charge in [-0.1, -0.05) is 0 Å². The molecule has 0 N–H and O–H groups in total. The number of rotatable bonds is 0. The number of hydrogen-bond donors (Lipinski definition) is 0. The van der Waals surface area contributed by atoms with Crippen molar-refractivity contribution in [2.24, 2.45) is 0 Å². The van der Waals surface area contributed by atoms with Gasteiger partial charge in [-0.2, -0.15) is 0 Å². The fraction of sp³-hybridized carbons (Fsp3) is 0.500. The Morgan fingerprint density at radius 3 is 0.214 bits per heavy atom. The molecule has 42 heavy (non-hydrogen) atoms. The van der Waals surface area contributed by atoms with Crippen molar-refractivity contribution in [2.45, 2.75) is 69.2 Å². The second-order valence-corrected chi connectivity index (χ2v) is 4.92. The standard InChI is InChI=1S/10C2H4O2.2V/c10*1-2(3)4;;/h10*1H3,(H,3,4);;/p-10. The van der Waals surface area contributed by atoms with E-state index in [-0.39, 0.29) is 37.1 Å². The number of hydrogen-bond acceptors (Lipinski definition) is 20. The molecule has 0 aliphatic carbocycles. The Morgan fingerprint density at radius 2 is 0.214 bits per heavy atom. The predicted octanol–water partition coefficient (Wildman–Crippen LogP) is -12.4. The minimum absolute atomic E-state index is 0. The zero-order valence-corrected chi connectivity index (χ0v) is 26.9. The van der Waals surface area contributed by atoms with Crippen LogP contribution < -0.4 is 51.1 Å². The molecule has 0 aromatic heterocycles. The van der Waals surface area contributed by atoms with Crippen LogP contribution in [0.1, 0.15) is 69.2 Å². The molecule has 0 unspecified atom stereocenters. The third kappa shape index (κ3) is 2560. The Kier molecular flexibility index (Phi) is 130. The monoisotopic (exact) mass is 692 g/mol. The molecule has 0 aromatic carbocycles. The fourth-order valence-electron chi connectivity index (χ4n) is 0. The first kappa shape index (κ1) is 76.9. The maximum atomic E-state index is 8.89. The first-order valence-electron chi connectivity index (χ1n) is 9.08. The first-order chi connectivity index (χ1) is 17.3. The third-order valence-corrected chi connectivity index (χ3v) is 0. The van der Waals surface area contributed by atoms with Crippen LogP contribution in [0.15, 0.2) is 0 Å². The van der Waals surface area contributed by atoms with Gasteiger partial charge in [-0.25, -0.2) is 0 Å². The molecule has 0 fully saturated rings. The van der Waals surface area contributed by atoms with Crippen molar-refractivity contribution in [3.05, 3.63) is 0 Å². The van der Waals surface area contributed by atoms with Crippen LogP contribution in [0.25, 0.3) is 0 Å². The second-order valence-electron chi connectivity index (χ2n) is 4.92. The molecule has 0 aliphatic rings. The van der Waals surface area contributed by atoms with E-state index >= 15 is 0 Å². The molecule has 250 valence electrons. The van der Waals surface area contributed by atoms with Gasteiger partial charge in [0.2, 0.25) is 0 Å². The van der Waals surface area contributed by atoms with Crippen molar-refractivity contribution >= 4 is 59.7 Å². The average Bonchev–Trinajstić information content (AvgIpc) is 2.47. The van der Waals surface area contributed by atoms with Gasteiger partial charge in [0.1, 0.15) is 0 Å². The summed E-state index contributed by atoms with van der Waals surface area (Å²) < 4.78 is 0. The van der Waals surface area contributed by atoms with E-state index in [1.807, 2.05) is 0 Å². The van der Waals surface area contributed by atoms with Gasteiger partial charge in [-0.15, -0.1) is 0 Å². The molecular weight excluding hydrogens is 662 g/mol. The third-order valence-electron chi connectivity index (χ3n) is 0. The van der Waals surface area contributed by atoms with Gasteiger partial charge in [-0.3, -0.25) is 0 Å². The van der Waals surface area contributed by atoms with E-state index in [1.165, 1.54) is 0 Å². The molecule has 0 spiro atoms. The molecule has 0 amide bonds. The summed E-state index contributed by atoms with van der Waals surface area (Å²) in [4.78, 5) is 88.9. The van der Waals surface area contributed by atoms with Gasteiger partial charge in [0.15, 0.2) is 0 Å². The van der Waals surface area contributed by atoms with Crippen LogP contribution in [-0.4, -0.2) is 59.7 Å². The second kappa shape index (κ2) is 70.9. The van der Waals surface area contributed by atoms with E-state index in [1.54, 1.807) is 0 Å². The molecule has 0 heterocycles. The average molecular weight is 692 g/mol. The molecule has 0 aromatic rings. The molecule has 2 radical (unpaired) electrons. The van der Waals surface area contributed by atoms with E-state index in [2.05, 4.69) is 0 Å². The Hall–Kier alpha value is -4.13. The Bertz CT molecular complexity index is 481. The van der Waals surface area contributed by atoms with E-state index in [4.69, 9.17) is 99.0 Å². The van der Waals surface area contributed by atoms with Crippen molar-refractivity contribution in [2.75, 3.05) is 0 Å². The summed E-state index contributed by atoms with van der Waals surface area (Å²) >= 11 is 0. The molecule has 0 rings (SSSR count). The maximum Gasteiger partial charge on any atom is 0.0383 e. The zero-order chi connectivity index (χ0) is 35.8. The molecule has 0 atom stereocenters. The maximum absolute atomic E-state index is 8.89. The molecule has 0 aliphatic heterocycles. The van der Waals surface area contributed by atoms with Crippen LogP contribution in [0.4, 0.5) is 0 Å². The number of carbonyl (C=O) groups is 10. The van der Waals surface area contributed by atoms with E-state index in [0.717, 1.165) is 69.2 Å². The molecule has 0 saturated heterocycles. The minimum atomic E-state index is -1.08. The summed E-state index contributed by atoms with van der Waals surface area (Å²) in [6, 6.07) is 0. The van der Waals surface area contributed by atoms with Gasteiger partial charge in [0.05, 0.1) is 0 Å². The van der Waals surface area contributed by atoms with Crippen LogP contribution >= 0.6 is 0 Å². The van der Waals surface area contributed by atoms with Crippen LogP contribution in [0.5, 0.6) is 0 Å². The quantitative estimate of drug-likeness (QED) is 0.227. The summed E-state index contributed by atoms with van der Waals surface area (Å²) in [5.41, 5.74) is 0. The minimum Gasteiger partial charge on any atom is -0.550 e. The van der Waals surface area contributed by atoms with Crippen molar-refractivity contribution in [1.29, 1.82) is 0 Å². The summed E-state index contributed by atoms with van der Waals surface area (Å²) in [5.74, 6) is -10.8. The summed E-state index contributed by atoms with van der Waals surface area (Å²) in [7, 11) is 0. The first-order valence-corrected chi connectivity index (χ1v) is 9.08. The van der Waals surface area contributed by atoms with E-state index in [0.29, 0.717) is 0 Å². The zero-order valence-electron chi connectivity index (χ0n) is 24.1. The van der Waals surface area contributed by atoms with Gasteiger partial charge >= 0.3 is 0 Å². The molecular formula is C20H30O20V2-10. The van der Waals surface area contributed by atoms with Gasteiger partial charge in [0.25, 0.3) is 0 Å². The SMILES string of the molecule is CC(=O)[O-].CC(=O)[O-].CC(=O)[O-].CC(=O)[O-].CC(=O)[O-].CC(=O)[O-].CC(=O)[O-].CC(=O)[O-].CC(=O)[O-].CC(=O)[O-].[V].[V]. The van der Waals surface area contributed by atoms with Crippen LogP contribution in [0, 0.1) is 0 Å². The Balaban J connectivity index is -0.0000000237. The van der Waals surface area contributed by atoms with Crippen LogP contribution in [0.2, 0.25) is 0 Å². The summed E-state index contributed by atoms with van der Waals surface area (Å²) in [5, 5.41) is 88.9. The molecule has 22 heteroatoms. The smallest absolute Gasteiger partial charge is 0.0383 e. The van der Waals surface area contributed by atoms with Gasteiger partial charge < -0.3 is 99.0 Å². The fourth-order valence-corrected chi connectivity index (χ4v) is 0. The molecule has 20 nitrogen and oxygen atoms in total. The van der Waals surface area contributed by atoms with Gasteiger partial charge in [0, 0.05) is 96.8 Å². The topological polar surface area (TPSA) is 401 Å². The number of carboxylic acid groups (broad SMARTS) is 10. The van der Waals surface area contributed by atoms with Crippen LogP contribution in [-0.2, 0) is 85.1 Å². The Morgan fingerprint density at radius 1 is 0.214 bits per heavy atom. The number of aliphatic carboxylic acids is 10. The van der Waals surface area contributed by atoms with Crippen molar-refractivity contribution in [3.8, 4) is 0 Å². The van der Waals surface area contributed by atoms with Crippen molar-refractivity contribution in [3.63, 3.8) is 0 Å². The van der Waals surface area contributed by atoms with Gasteiger partial charge in [-0.05, 0) is 69.2 Å². The largest absolute Gasteiger partial charge is 0.550 e. The summed E-state index contributed by atoms with van der Waals surface area (Å²) in [6.07, 6.45) is 0. The number of carboxylic acids is 10.